The van der Waals surface area contributed by atoms with E-state index in [4.69, 9.17) is 5.11 Å². The van der Waals surface area contributed by atoms with Crippen LogP contribution in [0.15, 0.2) is 84.9 Å². The largest absolute Gasteiger partial charge is 1.00 e. The molecule has 0 saturated heterocycles. The summed E-state index contributed by atoms with van der Waals surface area (Å²) in [5.41, 5.74) is 3.21. The van der Waals surface area contributed by atoms with Gasteiger partial charge in [0.2, 0.25) is 0 Å². The van der Waals surface area contributed by atoms with E-state index in [1.54, 1.807) is 12.1 Å². The molecule has 1 N–H and O–H groups in total. The predicted molar refractivity (Wildman–Crippen MR) is 167 cm³/mol. The molecule has 0 spiro atoms. The van der Waals surface area contributed by atoms with E-state index < -0.39 is 0 Å². The maximum absolute atomic E-state index is 9.13. The van der Waals surface area contributed by atoms with Gasteiger partial charge in [-0.1, -0.05) is 107 Å². The summed E-state index contributed by atoms with van der Waals surface area (Å²) in [5, 5.41) is 16.8. The van der Waals surface area contributed by atoms with Crippen LogP contribution in [-0.2, 0) is 30.0 Å². The summed E-state index contributed by atoms with van der Waals surface area (Å²) in [6.45, 7) is 18.2. The van der Waals surface area contributed by atoms with E-state index in [0.717, 1.165) is 10.8 Å². The molecule has 0 aliphatic rings. The van der Waals surface area contributed by atoms with Gasteiger partial charge < -0.3 is 29.9 Å². The van der Waals surface area contributed by atoms with Crippen LogP contribution in [0.5, 0.6) is 5.75 Å². The van der Waals surface area contributed by atoms with Crippen molar-refractivity contribution in [3.63, 3.8) is 0 Å². The van der Waals surface area contributed by atoms with Crippen LogP contribution in [-0.4, -0.2) is 11.3 Å². The van der Waals surface area contributed by atoms with Gasteiger partial charge in [0.15, 0.2) is 0 Å². The van der Waals surface area contributed by atoms with Gasteiger partial charge in [-0.25, -0.2) is 0 Å². The molecule has 0 saturated carbocycles. The van der Waals surface area contributed by atoms with Crippen LogP contribution in [0.25, 0.3) is 32.3 Å². The zero-order valence-electron chi connectivity index (χ0n) is 25.2. The van der Waals surface area contributed by atoms with Gasteiger partial charge in [-0.05, 0) is 33.7 Å². The van der Waals surface area contributed by atoms with Gasteiger partial charge >= 0.3 is 51.3 Å². The smallest absolute Gasteiger partial charge is 0.116 e. The molecule has 5 rings (SSSR count). The van der Waals surface area contributed by atoms with Crippen LogP contribution in [0.1, 0.15) is 66.5 Å². The summed E-state index contributed by atoms with van der Waals surface area (Å²) in [6, 6.07) is 32.4. The molecule has 0 amide bonds. The Balaban J connectivity index is 0.000000354. The second kappa shape index (κ2) is 15.5. The summed E-state index contributed by atoms with van der Waals surface area (Å²) >= 11 is 2.38. The number of benzene rings is 4. The van der Waals surface area contributed by atoms with Crippen LogP contribution in [0.4, 0.5) is 0 Å². The zero-order chi connectivity index (χ0) is 28.1. The topological polar surface area (TPSA) is 20.2 Å². The molecule has 212 valence electrons. The minimum atomic E-state index is 0. The minimum Gasteiger partial charge on any atom is -1.00 e. The molecular formula is C35H43Cl2OSiTi-. The molecule has 0 unspecified atom stereocenters. The standard InChI is InChI=1S/C21H25.C10H8O.C4H10Si.2ClH.Ti/c1-20(2,3)16-7-9-18-14(12-16)11-15-13-17(21(4,5)6)8-10-19(15)18;11-10-6-5-8-3-1-2-4-9(8)7-10;1-3-5-4-2;;;/h7-13H,1-6H3;1-7,11H;3-4H2,1-2H3;2*1H;/q-1;;;;;+2/p-2. The van der Waals surface area contributed by atoms with Gasteiger partial charge in [0.05, 0.1) is 0 Å². The quantitative estimate of drug-likeness (QED) is 0.227. The number of hydrogen-bond donors (Lipinski definition) is 1. The number of halogens is 2. The van der Waals surface area contributed by atoms with E-state index in [1.165, 1.54) is 44.8 Å². The average Bonchev–Trinajstić information content (AvgIpc) is 3.25. The number of phenols is 1. The van der Waals surface area contributed by atoms with Crippen LogP contribution in [0, 0.1) is 0 Å². The van der Waals surface area contributed by atoms with Crippen molar-refractivity contribution >= 4 is 38.5 Å². The molecule has 5 aromatic rings. The fourth-order valence-corrected chi connectivity index (χ4v) is 4.88. The van der Waals surface area contributed by atoms with Crippen molar-refractivity contribution < 1.29 is 49.1 Å². The molecule has 0 aliphatic carbocycles. The van der Waals surface area contributed by atoms with E-state index >= 15 is 0 Å². The van der Waals surface area contributed by atoms with Gasteiger partial charge in [0.1, 0.15) is 5.75 Å². The minimum absolute atomic E-state index is 0. The van der Waals surface area contributed by atoms with Crippen LogP contribution in [0.2, 0.25) is 12.1 Å². The molecule has 0 heterocycles. The molecular weight excluding hydrogens is 583 g/mol. The Hall–Kier alpha value is -1.68. The second-order valence-electron chi connectivity index (χ2n) is 12.1. The van der Waals surface area contributed by atoms with E-state index in [1.807, 2.05) is 30.3 Å². The maximum Gasteiger partial charge on any atom is 0.116 e. The number of aromatic hydroxyl groups is 1. The van der Waals surface area contributed by atoms with Crippen molar-refractivity contribution in [3.8, 4) is 5.75 Å². The van der Waals surface area contributed by atoms with Crippen molar-refractivity contribution in [1.82, 2.24) is 0 Å². The second-order valence-corrected chi connectivity index (χ2v) is 18.0. The van der Waals surface area contributed by atoms with Gasteiger partial charge in [-0.2, -0.15) is 0 Å². The molecule has 0 bridgehead atoms. The summed E-state index contributed by atoms with van der Waals surface area (Å²) in [6.07, 6.45) is 0.132. The molecule has 5 heteroatoms. The first-order valence-electron chi connectivity index (χ1n) is 13.7. The molecule has 0 aromatic heterocycles. The Morgan fingerprint density at radius 1 is 0.650 bits per heavy atom. The molecule has 5 aromatic carbocycles. The molecule has 1 nitrogen and oxygen atoms in total. The summed E-state index contributed by atoms with van der Waals surface area (Å²) in [5.74, 6) is 0.323. The van der Waals surface area contributed by atoms with E-state index in [0.29, 0.717) is 5.75 Å². The van der Waals surface area contributed by atoms with Crippen LogP contribution >= 0.6 is 0 Å². The summed E-state index contributed by atoms with van der Waals surface area (Å²) in [7, 11) is 0. The maximum atomic E-state index is 9.13. The van der Waals surface area contributed by atoms with Crippen LogP contribution in [0.3, 0.4) is 0 Å². The molecule has 0 atom stereocenters. The Morgan fingerprint density at radius 2 is 1.10 bits per heavy atom. The first-order valence-corrected chi connectivity index (χ1v) is 18.0. The number of rotatable bonds is 2. The van der Waals surface area contributed by atoms with E-state index in [2.05, 4.69) is 117 Å². The van der Waals surface area contributed by atoms with Crippen LogP contribution < -0.4 is 24.8 Å². The third kappa shape index (κ3) is 9.71. The van der Waals surface area contributed by atoms with Crippen molar-refractivity contribution in [3.05, 3.63) is 96.1 Å². The van der Waals surface area contributed by atoms with Crippen molar-refractivity contribution in [2.24, 2.45) is 0 Å². The summed E-state index contributed by atoms with van der Waals surface area (Å²) in [4.78, 5) is 0. The van der Waals surface area contributed by atoms with Gasteiger partial charge in [0.25, 0.3) is 0 Å². The monoisotopic (exact) mass is 625 g/mol. The molecule has 0 radical (unpaired) electrons. The fourth-order valence-electron chi connectivity index (χ4n) is 4.38. The third-order valence-corrected chi connectivity index (χ3v) is 12.0. The number of fused-ring (bicyclic) bond motifs is 4. The number of phenolic OH excluding ortho intramolecular Hbond substituents is 1. The summed E-state index contributed by atoms with van der Waals surface area (Å²) < 4.78 is 0. The Labute approximate surface area is 266 Å². The average molecular weight is 627 g/mol. The van der Waals surface area contributed by atoms with E-state index in [9.17, 15) is 0 Å². The predicted octanol–water partition coefficient (Wildman–Crippen LogP) is 4.42. The first-order chi connectivity index (χ1) is 17.8. The molecule has 0 fully saturated rings. The number of hydrogen-bond acceptors (Lipinski definition) is 1. The van der Waals surface area contributed by atoms with Gasteiger partial charge in [-0.3, -0.25) is 0 Å². The van der Waals surface area contributed by atoms with E-state index in [-0.39, 0.29) is 41.8 Å². The Bertz CT molecular complexity index is 1470. The Morgan fingerprint density at radius 3 is 1.50 bits per heavy atom. The molecule has 0 aliphatic heterocycles. The van der Waals surface area contributed by atoms with Crippen molar-refractivity contribution in [2.45, 2.75) is 78.3 Å². The Kier molecular flexibility index (Phi) is 14.1. The third-order valence-electron chi connectivity index (χ3n) is 7.02. The first kappa shape index (κ1) is 36.3. The van der Waals surface area contributed by atoms with Gasteiger partial charge in [0, 0.05) is 0 Å². The fraction of sp³-hybridized carbons (Fsp3) is 0.343. The SMILES string of the molecule is CC(C)(C)c1ccc2c(c1)[cH-]c1cc(C(C)(C)C)ccc12.CC[Si](=[Ti+2])CC.Oc1ccc2ccccc2c1.[Cl-].[Cl-]. The van der Waals surface area contributed by atoms with Gasteiger partial charge in [-0.15, -0.1) is 39.7 Å². The normalized spacial score (nSPS) is 11.1. The zero-order valence-corrected chi connectivity index (χ0v) is 29.3. The van der Waals surface area contributed by atoms with Crippen molar-refractivity contribution in [1.29, 1.82) is 0 Å². The van der Waals surface area contributed by atoms with Crippen molar-refractivity contribution in [2.75, 3.05) is 0 Å². The molecule has 40 heavy (non-hydrogen) atoms.